The Kier molecular flexibility index (Phi) is 1.79. The SMILES string of the molecule is CC#Cc1cc(C)cc2cn[nH]c12. The molecule has 1 aromatic heterocycles. The van der Waals surface area contributed by atoms with Crippen LogP contribution in [-0.4, -0.2) is 10.2 Å². The number of aryl methyl sites for hydroxylation is 1. The van der Waals surface area contributed by atoms with Crippen LogP contribution in [0.3, 0.4) is 0 Å². The van der Waals surface area contributed by atoms with Crippen LogP contribution in [-0.2, 0) is 0 Å². The van der Waals surface area contributed by atoms with Crippen molar-refractivity contribution in [2.75, 3.05) is 0 Å². The van der Waals surface area contributed by atoms with Crippen molar-refractivity contribution >= 4 is 10.9 Å². The van der Waals surface area contributed by atoms with Gasteiger partial charge in [0.1, 0.15) is 0 Å². The first-order chi connectivity index (χ1) is 6.31. The number of benzene rings is 1. The van der Waals surface area contributed by atoms with Crippen molar-refractivity contribution in [1.29, 1.82) is 0 Å². The lowest BCUT2D eigenvalue weighted by Gasteiger charge is -1.96. The molecule has 0 aliphatic rings. The Morgan fingerprint density at radius 3 is 3.00 bits per heavy atom. The Morgan fingerprint density at radius 1 is 1.38 bits per heavy atom. The van der Waals surface area contributed by atoms with Crippen molar-refractivity contribution in [2.45, 2.75) is 13.8 Å². The second-order valence-electron chi connectivity index (χ2n) is 3.02. The van der Waals surface area contributed by atoms with Crippen LogP contribution in [0.1, 0.15) is 18.1 Å². The van der Waals surface area contributed by atoms with Crippen molar-refractivity contribution < 1.29 is 0 Å². The van der Waals surface area contributed by atoms with E-state index in [9.17, 15) is 0 Å². The number of H-pyrrole nitrogens is 1. The third kappa shape index (κ3) is 1.29. The van der Waals surface area contributed by atoms with Crippen LogP contribution in [0.5, 0.6) is 0 Å². The third-order valence-corrected chi connectivity index (χ3v) is 1.95. The molecule has 0 aliphatic carbocycles. The summed E-state index contributed by atoms with van der Waals surface area (Å²) in [4.78, 5) is 0. The average Bonchev–Trinajstić information content (AvgIpc) is 2.52. The van der Waals surface area contributed by atoms with Crippen LogP contribution in [0.25, 0.3) is 10.9 Å². The molecule has 2 aromatic rings. The summed E-state index contributed by atoms with van der Waals surface area (Å²) >= 11 is 0. The van der Waals surface area contributed by atoms with Gasteiger partial charge in [-0.25, -0.2) is 0 Å². The van der Waals surface area contributed by atoms with E-state index in [-0.39, 0.29) is 0 Å². The number of hydrogen-bond acceptors (Lipinski definition) is 1. The fourth-order valence-corrected chi connectivity index (χ4v) is 1.44. The normalized spacial score (nSPS) is 9.69. The van der Waals surface area contributed by atoms with Gasteiger partial charge in [0.2, 0.25) is 0 Å². The molecule has 0 bridgehead atoms. The van der Waals surface area contributed by atoms with Crippen LogP contribution < -0.4 is 0 Å². The van der Waals surface area contributed by atoms with E-state index in [1.165, 1.54) is 5.56 Å². The van der Waals surface area contributed by atoms with Gasteiger partial charge in [-0.05, 0) is 31.5 Å². The lowest BCUT2D eigenvalue weighted by atomic mass is 10.1. The zero-order chi connectivity index (χ0) is 9.26. The van der Waals surface area contributed by atoms with Gasteiger partial charge in [0.15, 0.2) is 0 Å². The first-order valence-corrected chi connectivity index (χ1v) is 4.18. The predicted octanol–water partition coefficient (Wildman–Crippen LogP) is 2.24. The van der Waals surface area contributed by atoms with Gasteiger partial charge in [0.25, 0.3) is 0 Å². The molecule has 0 atom stereocenters. The molecule has 1 heterocycles. The molecule has 0 fully saturated rings. The van der Waals surface area contributed by atoms with E-state index >= 15 is 0 Å². The summed E-state index contributed by atoms with van der Waals surface area (Å²) in [5.74, 6) is 5.95. The molecule has 2 heteroatoms. The number of aromatic amines is 1. The topological polar surface area (TPSA) is 28.7 Å². The van der Waals surface area contributed by atoms with Crippen LogP contribution in [0.2, 0.25) is 0 Å². The summed E-state index contributed by atoms with van der Waals surface area (Å²) in [6.07, 6.45) is 1.82. The maximum absolute atomic E-state index is 3.99. The van der Waals surface area contributed by atoms with Gasteiger partial charge >= 0.3 is 0 Å². The van der Waals surface area contributed by atoms with E-state index in [1.54, 1.807) is 0 Å². The quantitative estimate of drug-likeness (QED) is 0.603. The fourth-order valence-electron chi connectivity index (χ4n) is 1.44. The fraction of sp³-hybridized carbons (Fsp3) is 0.182. The maximum Gasteiger partial charge on any atom is 0.0806 e. The number of fused-ring (bicyclic) bond motifs is 1. The minimum absolute atomic E-state index is 1.02. The molecule has 0 amide bonds. The summed E-state index contributed by atoms with van der Waals surface area (Å²) < 4.78 is 0. The Bertz CT molecular complexity index is 498. The van der Waals surface area contributed by atoms with Crippen molar-refractivity contribution in [3.8, 4) is 11.8 Å². The van der Waals surface area contributed by atoms with E-state index in [2.05, 4.69) is 41.1 Å². The van der Waals surface area contributed by atoms with Gasteiger partial charge in [-0.15, -0.1) is 5.92 Å². The summed E-state index contributed by atoms with van der Waals surface area (Å²) in [6, 6.07) is 4.16. The number of nitrogens with zero attached hydrogens (tertiary/aromatic N) is 1. The van der Waals surface area contributed by atoms with Crippen molar-refractivity contribution in [3.05, 3.63) is 29.5 Å². The molecular weight excluding hydrogens is 160 g/mol. The van der Waals surface area contributed by atoms with Crippen LogP contribution in [0.4, 0.5) is 0 Å². The average molecular weight is 170 g/mol. The largest absolute Gasteiger partial charge is 0.277 e. The first kappa shape index (κ1) is 7.88. The molecule has 2 nitrogen and oxygen atoms in total. The second kappa shape index (κ2) is 2.95. The highest BCUT2D eigenvalue weighted by Crippen LogP contribution is 2.17. The Balaban J connectivity index is 2.82. The van der Waals surface area contributed by atoms with Gasteiger partial charge < -0.3 is 0 Å². The first-order valence-electron chi connectivity index (χ1n) is 4.18. The Hall–Kier alpha value is -1.75. The molecule has 0 unspecified atom stereocenters. The van der Waals surface area contributed by atoms with E-state index in [0.29, 0.717) is 0 Å². The predicted molar refractivity (Wildman–Crippen MR) is 53.4 cm³/mol. The zero-order valence-corrected chi connectivity index (χ0v) is 7.68. The molecule has 64 valence electrons. The summed E-state index contributed by atoms with van der Waals surface area (Å²) in [7, 11) is 0. The minimum atomic E-state index is 1.02. The maximum atomic E-state index is 3.99. The molecule has 1 N–H and O–H groups in total. The Labute approximate surface area is 77.0 Å². The van der Waals surface area contributed by atoms with Gasteiger partial charge in [-0.3, -0.25) is 5.10 Å². The molecule has 1 aromatic carbocycles. The van der Waals surface area contributed by atoms with Gasteiger partial charge in [0, 0.05) is 5.39 Å². The molecule has 2 rings (SSSR count). The summed E-state index contributed by atoms with van der Waals surface area (Å²) in [6.45, 7) is 3.90. The number of aromatic nitrogens is 2. The molecular formula is C11H10N2. The summed E-state index contributed by atoms with van der Waals surface area (Å²) in [5.41, 5.74) is 3.27. The second-order valence-corrected chi connectivity index (χ2v) is 3.02. The van der Waals surface area contributed by atoms with E-state index < -0.39 is 0 Å². The van der Waals surface area contributed by atoms with Crippen molar-refractivity contribution in [1.82, 2.24) is 10.2 Å². The molecule has 0 saturated carbocycles. The minimum Gasteiger partial charge on any atom is -0.277 e. The van der Waals surface area contributed by atoms with Crippen LogP contribution in [0.15, 0.2) is 18.3 Å². The third-order valence-electron chi connectivity index (χ3n) is 1.95. The number of rotatable bonds is 0. The lowest BCUT2D eigenvalue weighted by molar-refractivity contribution is 1.12. The molecule has 13 heavy (non-hydrogen) atoms. The number of hydrogen-bond donors (Lipinski definition) is 1. The van der Waals surface area contributed by atoms with Crippen molar-refractivity contribution in [2.24, 2.45) is 0 Å². The highest BCUT2D eigenvalue weighted by Gasteiger charge is 2.01. The van der Waals surface area contributed by atoms with Crippen molar-refractivity contribution in [3.63, 3.8) is 0 Å². The van der Waals surface area contributed by atoms with Crippen LogP contribution >= 0.6 is 0 Å². The Morgan fingerprint density at radius 2 is 2.23 bits per heavy atom. The molecule has 0 spiro atoms. The number of nitrogens with one attached hydrogen (secondary N) is 1. The zero-order valence-electron chi connectivity index (χ0n) is 7.68. The molecule has 0 aliphatic heterocycles. The summed E-state index contributed by atoms with van der Waals surface area (Å²) in [5, 5.41) is 8.06. The van der Waals surface area contributed by atoms with E-state index in [1.807, 2.05) is 13.1 Å². The van der Waals surface area contributed by atoms with Gasteiger partial charge in [-0.1, -0.05) is 5.92 Å². The van der Waals surface area contributed by atoms with Gasteiger partial charge in [0.05, 0.1) is 17.3 Å². The highest BCUT2D eigenvalue weighted by molar-refractivity contribution is 5.84. The van der Waals surface area contributed by atoms with Crippen LogP contribution in [0, 0.1) is 18.8 Å². The molecule has 0 saturated heterocycles. The molecule has 0 radical (unpaired) electrons. The highest BCUT2D eigenvalue weighted by atomic mass is 15.1. The monoisotopic (exact) mass is 170 g/mol. The smallest absolute Gasteiger partial charge is 0.0806 e. The van der Waals surface area contributed by atoms with Gasteiger partial charge in [-0.2, -0.15) is 5.10 Å². The lowest BCUT2D eigenvalue weighted by Crippen LogP contribution is -1.81. The standard InChI is InChI=1S/C11H10N2/c1-3-4-9-5-8(2)6-10-7-12-13-11(9)10/h5-7H,1-2H3,(H,12,13). The van der Waals surface area contributed by atoms with E-state index in [0.717, 1.165) is 16.5 Å². The van der Waals surface area contributed by atoms with E-state index in [4.69, 9.17) is 0 Å².